The summed E-state index contributed by atoms with van der Waals surface area (Å²) in [6.07, 6.45) is 0.0405. The number of amides is 2. The molecule has 132 valence electrons. The molecule has 2 rings (SSSR count). The molecule has 0 bridgehead atoms. The number of rotatable bonds is 8. The van der Waals surface area contributed by atoms with Crippen molar-refractivity contribution in [1.29, 1.82) is 0 Å². The first-order valence-electron chi connectivity index (χ1n) is 7.32. The number of ether oxygens (including phenoxy) is 1. The molecule has 0 aliphatic heterocycles. The van der Waals surface area contributed by atoms with Crippen LogP contribution in [-0.4, -0.2) is 48.1 Å². The Hall–Kier alpha value is -2.94. The molecule has 25 heavy (non-hydrogen) atoms. The van der Waals surface area contributed by atoms with Crippen molar-refractivity contribution in [2.75, 3.05) is 20.2 Å². The third kappa shape index (κ3) is 5.88. The number of hydrogen-bond acceptors (Lipinski definition) is 6. The van der Waals surface area contributed by atoms with Gasteiger partial charge in [0.05, 0.1) is 25.8 Å². The van der Waals surface area contributed by atoms with Gasteiger partial charge in [0.25, 0.3) is 0 Å². The minimum Gasteiger partial charge on any atom is -0.497 e. The number of aliphatic carboxylic acids is 1. The average molecular weight is 363 g/mol. The third-order valence-electron chi connectivity index (χ3n) is 3.11. The average Bonchev–Trinajstić information content (AvgIpc) is 3.06. The number of carbonyl (C=O) groups excluding carboxylic acids is 2. The van der Waals surface area contributed by atoms with Crippen LogP contribution in [0.4, 0.5) is 0 Å². The van der Waals surface area contributed by atoms with Gasteiger partial charge < -0.3 is 20.5 Å². The number of thiazole rings is 1. The molecule has 0 unspecified atom stereocenters. The van der Waals surface area contributed by atoms with Gasteiger partial charge in [-0.25, -0.2) is 4.98 Å². The molecule has 0 atom stereocenters. The van der Waals surface area contributed by atoms with Crippen LogP contribution in [0.2, 0.25) is 0 Å². The zero-order valence-corrected chi connectivity index (χ0v) is 14.3. The molecule has 3 N–H and O–H groups in total. The lowest BCUT2D eigenvalue weighted by atomic mass is 10.2. The van der Waals surface area contributed by atoms with E-state index >= 15 is 0 Å². The van der Waals surface area contributed by atoms with Crippen LogP contribution in [0.5, 0.6) is 5.75 Å². The summed E-state index contributed by atoms with van der Waals surface area (Å²) in [7, 11) is 1.59. The second kappa shape index (κ2) is 8.78. The van der Waals surface area contributed by atoms with Gasteiger partial charge in [-0.15, -0.1) is 11.3 Å². The first-order valence-corrected chi connectivity index (χ1v) is 8.20. The Labute approximate surface area is 147 Å². The van der Waals surface area contributed by atoms with Gasteiger partial charge in [-0.3, -0.25) is 14.4 Å². The second-order valence-electron chi connectivity index (χ2n) is 5.00. The number of benzene rings is 1. The van der Waals surface area contributed by atoms with Crippen molar-refractivity contribution in [2.45, 2.75) is 6.42 Å². The second-order valence-corrected chi connectivity index (χ2v) is 5.85. The summed E-state index contributed by atoms with van der Waals surface area (Å²) in [5.74, 6) is -1.32. The van der Waals surface area contributed by atoms with Crippen molar-refractivity contribution in [3.63, 3.8) is 0 Å². The minimum absolute atomic E-state index is 0.0405. The molecular formula is C16H17N3O5S. The molecule has 1 aromatic heterocycles. The van der Waals surface area contributed by atoms with Gasteiger partial charge in [0.1, 0.15) is 17.3 Å². The summed E-state index contributed by atoms with van der Waals surface area (Å²) in [6.45, 7) is -0.756. The smallest absolute Gasteiger partial charge is 0.322 e. The number of hydrogen-bond donors (Lipinski definition) is 3. The molecular weight excluding hydrogens is 346 g/mol. The highest BCUT2D eigenvalue weighted by molar-refractivity contribution is 7.13. The van der Waals surface area contributed by atoms with E-state index in [1.165, 1.54) is 11.3 Å². The number of nitrogens with one attached hydrogen (secondary N) is 2. The minimum atomic E-state index is -1.15. The zero-order valence-electron chi connectivity index (χ0n) is 13.4. The molecule has 1 aromatic carbocycles. The molecule has 0 fully saturated rings. The molecule has 0 saturated carbocycles. The van der Waals surface area contributed by atoms with Crippen LogP contribution in [0.15, 0.2) is 29.6 Å². The lowest BCUT2D eigenvalue weighted by Gasteiger charge is -2.04. The van der Waals surface area contributed by atoms with Gasteiger partial charge in [-0.05, 0) is 24.3 Å². The topological polar surface area (TPSA) is 118 Å². The Morgan fingerprint density at radius 1 is 1.12 bits per heavy atom. The van der Waals surface area contributed by atoms with Crippen molar-refractivity contribution in [1.82, 2.24) is 15.6 Å². The predicted molar refractivity (Wildman–Crippen MR) is 91.5 cm³/mol. The molecule has 0 aliphatic carbocycles. The fourth-order valence-electron chi connectivity index (χ4n) is 1.90. The first kappa shape index (κ1) is 18.4. The van der Waals surface area contributed by atoms with Crippen LogP contribution in [0.1, 0.15) is 5.69 Å². The lowest BCUT2D eigenvalue weighted by molar-refractivity contribution is -0.137. The maximum absolute atomic E-state index is 11.8. The van der Waals surface area contributed by atoms with Gasteiger partial charge in [-0.1, -0.05) is 0 Å². The molecule has 9 heteroatoms. The summed E-state index contributed by atoms with van der Waals surface area (Å²) in [6, 6.07) is 7.43. The Morgan fingerprint density at radius 2 is 1.80 bits per heavy atom. The lowest BCUT2D eigenvalue weighted by Crippen LogP contribution is -2.39. The Bertz CT molecular complexity index is 757. The van der Waals surface area contributed by atoms with E-state index in [-0.39, 0.29) is 18.9 Å². The van der Waals surface area contributed by atoms with Gasteiger partial charge >= 0.3 is 5.97 Å². The quantitative estimate of drug-likeness (QED) is 0.635. The molecule has 1 heterocycles. The van der Waals surface area contributed by atoms with Gasteiger partial charge in [-0.2, -0.15) is 0 Å². The van der Waals surface area contributed by atoms with Crippen LogP contribution >= 0.6 is 11.3 Å². The Kier molecular flexibility index (Phi) is 6.47. The van der Waals surface area contributed by atoms with Gasteiger partial charge in [0.15, 0.2) is 0 Å². The van der Waals surface area contributed by atoms with Crippen molar-refractivity contribution in [3.8, 4) is 16.3 Å². The molecule has 2 aromatic rings. The fourth-order valence-corrected chi connectivity index (χ4v) is 2.72. The number of nitrogens with zero attached hydrogens (tertiary/aromatic N) is 1. The fraction of sp³-hybridized carbons (Fsp3) is 0.250. The van der Waals surface area contributed by atoms with E-state index in [1.54, 1.807) is 12.5 Å². The molecule has 8 nitrogen and oxygen atoms in total. The Morgan fingerprint density at radius 3 is 2.44 bits per heavy atom. The summed E-state index contributed by atoms with van der Waals surface area (Å²) < 4.78 is 5.10. The van der Waals surface area contributed by atoms with E-state index in [1.807, 2.05) is 24.3 Å². The SMILES string of the molecule is COc1ccc(-c2nc(CC(=O)NCC(=O)NCC(=O)O)cs2)cc1. The number of carboxylic acid groups (broad SMARTS) is 1. The van der Waals surface area contributed by atoms with Crippen LogP contribution in [-0.2, 0) is 20.8 Å². The summed E-state index contributed by atoms with van der Waals surface area (Å²) in [5, 5.41) is 15.6. The van der Waals surface area contributed by atoms with Crippen molar-refractivity contribution in [2.24, 2.45) is 0 Å². The molecule has 0 radical (unpaired) electrons. The molecule has 0 spiro atoms. The van der Waals surface area contributed by atoms with E-state index in [4.69, 9.17) is 9.84 Å². The summed E-state index contributed by atoms with van der Waals surface area (Å²) in [4.78, 5) is 37.9. The number of carboxylic acids is 1. The highest BCUT2D eigenvalue weighted by atomic mass is 32.1. The largest absolute Gasteiger partial charge is 0.497 e. The standard InChI is InChI=1S/C16H17N3O5S/c1-24-12-4-2-10(3-5-12)16-19-11(9-25-16)6-13(20)17-7-14(21)18-8-15(22)23/h2-5,9H,6-8H2,1H3,(H,17,20)(H,18,21)(H,22,23). The van der Waals surface area contributed by atoms with E-state index in [2.05, 4.69) is 15.6 Å². The summed E-state index contributed by atoms with van der Waals surface area (Å²) in [5.41, 5.74) is 1.52. The van der Waals surface area contributed by atoms with Crippen molar-refractivity contribution < 1.29 is 24.2 Å². The van der Waals surface area contributed by atoms with E-state index in [0.717, 1.165) is 16.3 Å². The number of methoxy groups -OCH3 is 1. The zero-order chi connectivity index (χ0) is 18.2. The molecule has 0 aliphatic rings. The monoisotopic (exact) mass is 363 g/mol. The molecule has 2 amide bonds. The van der Waals surface area contributed by atoms with E-state index < -0.39 is 18.4 Å². The van der Waals surface area contributed by atoms with Crippen LogP contribution < -0.4 is 15.4 Å². The normalized spacial score (nSPS) is 10.1. The van der Waals surface area contributed by atoms with Crippen molar-refractivity contribution >= 4 is 29.1 Å². The highest BCUT2D eigenvalue weighted by Crippen LogP contribution is 2.25. The maximum Gasteiger partial charge on any atom is 0.322 e. The summed E-state index contributed by atoms with van der Waals surface area (Å²) >= 11 is 1.42. The third-order valence-corrected chi connectivity index (χ3v) is 4.05. The molecule has 0 saturated heterocycles. The Balaban J connectivity index is 1.84. The number of aromatic nitrogens is 1. The van der Waals surface area contributed by atoms with E-state index in [9.17, 15) is 14.4 Å². The van der Waals surface area contributed by atoms with Crippen LogP contribution in [0.3, 0.4) is 0 Å². The van der Waals surface area contributed by atoms with Crippen LogP contribution in [0.25, 0.3) is 10.6 Å². The van der Waals surface area contributed by atoms with E-state index in [0.29, 0.717) is 5.69 Å². The highest BCUT2D eigenvalue weighted by Gasteiger charge is 2.11. The number of carbonyl (C=O) groups is 3. The van der Waals surface area contributed by atoms with Gasteiger partial charge in [0, 0.05) is 10.9 Å². The predicted octanol–water partition coefficient (Wildman–Crippen LogP) is 0.678. The maximum atomic E-state index is 11.8. The van der Waals surface area contributed by atoms with Crippen LogP contribution in [0, 0.1) is 0 Å². The first-order chi connectivity index (χ1) is 12.0. The van der Waals surface area contributed by atoms with Gasteiger partial charge in [0.2, 0.25) is 11.8 Å². The van der Waals surface area contributed by atoms with Crippen molar-refractivity contribution in [3.05, 3.63) is 35.3 Å².